The number of halogens is 2. The summed E-state index contributed by atoms with van der Waals surface area (Å²) in [6.07, 6.45) is 6.54. The van der Waals surface area contributed by atoms with Crippen molar-refractivity contribution in [3.8, 4) is 0 Å². The van der Waals surface area contributed by atoms with Crippen molar-refractivity contribution in [3.63, 3.8) is 0 Å². The number of thioether (sulfide) groups is 1. The van der Waals surface area contributed by atoms with Crippen LogP contribution in [0, 0.1) is 11.8 Å². The average Bonchev–Trinajstić information content (AvgIpc) is 3.32. The van der Waals surface area contributed by atoms with Crippen LogP contribution in [0.5, 0.6) is 0 Å². The zero-order valence-corrected chi connectivity index (χ0v) is 19.1. The van der Waals surface area contributed by atoms with Gasteiger partial charge < -0.3 is 15.3 Å². The van der Waals surface area contributed by atoms with Gasteiger partial charge in [0, 0.05) is 42.9 Å². The summed E-state index contributed by atoms with van der Waals surface area (Å²) in [6, 6.07) is 0.0880. The molecule has 7 unspecified atom stereocenters. The van der Waals surface area contributed by atoms with E-state index in [1.165, 1.54) is 0 Å². The van der Waals surface area contributed by atoms with E-state index < -0.39 is 17.4 Å². The molecule has 0 spiro atoms. The van der Waals surface area contributed by atoms with Crippen LogP contribution in [-0.2, 0) is 4.79 Å². The summed E-state index contributed by atoms with van der Waals surface area (Å²) >= 11 is 1.81. The van der Waals surface area contributed by atoms with Crippen molar-refractivity contribution >= 4 is 17.7 Å². The maximum Gasteiger partial charge on any atom is 0.248 e. The van der Waals surface area contributed by atoms with E-state index in [1.807, 2.05) is 16.7 Å². The molecule has 3 saturated heterocycles. The number of nitrogens with one attached hydrogen (secondary N) is 3. The number of hydrogen-bond donors (Lipinski definition) is 4. The van der Waals surface area contributed by atoms with Gasteiger partial charge in [-0.05, 0) is 57.8 Å². The number of fused-ring (bicyclic) bond motifs is 2. The van der Waals surface area contributed by atoms with Gasteiger partial charge in [0.15, 0.2) is 0 Å². The minimum absolute atomic E-state index is 0.0458. The fraction of sp³-hybridized carbons (Fsp3) is 0.955. The smallest absolute Gasteiger partial charge is 0.248 e. The number of hydrogen-bond acceptors (Lipinski definition) is 6. The van der Waals surface area contributed by atoms with E-state index in [1.54, 1.807) is 0 Å². The second-order valence-electron chi connectivity index (χ2n) is 10.6. The fourth-order valence-electron chi connectivity index (χ4n) is 6.43. The Morgan fingerprint density at radius 2 is 2.03 bits per heavy atom. The third-order valence-corrected chi connectivity index (χ3v) is 9.79. The SMILES string of the molecule is CC(F)(F)C1CCCC2NC(C(=O)N3CCC4NC(NCC5(O)CCC5)SC4C3)CC21. The number of piperidine rings is 1. The van der Waals surface area contributed by atoms with Gasteiger partial charge in [-0.1, -0.05) is 6.42 Å². The highest BCUT2D eigenvalue weighted by Gasteiger charge is 2.51. The van der Waals surface area contributed by atoms with E-state index >= 15 is 0 Å². The number of likely N-dealkylation sites (tertiary alicyclic amines) is 1. The van der Waals surface area contributed by atoms with Crippen LogP contribution < -0.4 is 16.0 Å². The summed E-state index contributed by atoms with van der Waals surface area (Å²) in [5, 5.41) is 21.1. The molecule has 0 aromatic rings. The molecular formula is C22H36F2N4O2S. The van der Waals surface area contributed by atoms with Crippen LogP contribution in [0.15, 0.2) is 0 Å². The molecule has 31 heavy (non-hydrogen) atoms. The van der Waals surface area contributed by atoms with Crippen LogP contribution in [-0.4, -0.2) is 75.9 Å². The van der Waals surface area contributed by atoms with E-state index in [2.05, 4.69) is 16.0 Å². The molecule has 0 aromatic carbocycles. The summed E-state index contributed by atoms with van der Waals surface area (Å²) < 4.78 is 28.2. The third kappa shape index (κ3) is 4.50. The second kappa shape index (κ2) is 8.38. The molecule has 6 nitrogen and oxygen atoms in total. The van der Waals surface area contributed by atoms with Gasteiger partial charge in [-0.15, -0.1) is 11.8 Å². The first kappa shape index (κ1) is 22.3. The van der Waals surface area contributed by atoms with E-state index in [4.69, 9.17) is 0 Å². The van der Waals surface area contributed by atoms with Crippen molar-refractivity contribution in [2.45, 2.75) is 98.7 Å². The molecule has 0 aromatic heterocycles. The van der Waals surface area contributed by atoms with E-state index in [-0.39, 0.29) is 29.4 Å². The second-order valence-corrected chi connectivity index (χ2v) is 11.9. The van der Waals surface area contributed by atoms with Crippen molar-refractivity contribution in [2.24, 2.45) is 11.8 Å². The van der Waals surface area contributed by atoms with Gasteiger partial charge in [0.2, 0.25) is 11.8 Å². The Bertz CT molecular complexity index is 689. The molecular weight excluding hydrogens is 422 g/mol. The fourth-order valence-corrected chi connectivity index (χ4v) is 7.88. The number of nitrogens with zero attached hydrogens (tertiary/aromatic N) is 1. The van der Waals surface area contributed by atoms with Crippen LogP contribution in [0.1, 0.15) is 58.3 Å². The van der Waals surface area contributed by atoms with E-state index in [9.17, 15) is 18.7 Å². The average molecular weight is 459 g/mol. The lowest BCUT2D eigenvalue weighted by Gasteiger charge is -2.37. The van der Waals surface area contributed by atoms with Gasteiger partial charge in [-0.3, -0.25) is 15.4 Å². The maximum absolute atomic E-state index is 14.1. The predicted octanol–water partition coefficient (Wildman–Crippen LogP) is 1.88. The highest BCUT2D eigenvalue weighted by atomic mass is 32.2. The molecule has 1 amide bonds. The normalized spacial score (nSPS) is 42.1. The summed E-state index contributed by atoms with van der Waals surface area (Å²) in [5.74, 6) is -3.31. The molecule has 5 fully saturated rings. The van der Waals surface area contributed by atoms with E-state index in [0.717, 1.165) is 45.4 Å². The summed E-state index contributed by atoms with van der Waals surface area (Å²) in [5.41, 5.74) is -0.439. The lowest BCUT2D eigenvalue weighted by Crippen LogP contribution is -2.54. The molecule has 5 rings (SSSR count). The van der Waals surface area contributed by atoms with Crippen molar-refractivity contribution in [1.29, 1.82) is 0 Å². The monoisotopic (exact) mass is 458 g/mol. The predicted molar refractivity (Wildman–Crippen MR) is 117 cm³/mol. The van der Waals surface area contributed by atoms with E-state index in [0.29, 0.717) is 43.8 Å². The van der Waals surface area contributed by atoms with Gasteiger partial charge in [0.1, 0.15) is 5.50 Å². The molecule has 176 valence electrons. The Kier molecular flexibility index (Phi) is 6.04. The standard InChI is InChI=1S/C22H36F2N4O2S/c1-21(23,24)14-4-2-5-15-13(14)10-17(26-15)19(29)28-9-6-16-18(11-28)31-20(27-16)25-12-22(30)7-3-8-22/h13-18,20,25-27,30H,2-12H2,1H3. The summed E-state index contributed by atoms with van der Waals surface area (Å²) in [7, 11) is 0. The Morgan fingerprint density at radius 3 is 2.74 bits per heavy atom. The molecule has 7 atom stereocenters. The van der Waals surface area contributed by atoms with Crippen LogP contribution in [0.2, 0.25) is 0 Å². The molecule has 3 heterocycles. The molecule has 0 bridgehead atoms. The Balaban J connectivity index is 1.15. The quantitative estimate of drug-likeness (QED) is 0.504. The highest BCUT2D eigenvalue weighted by Crippen LogP contribution is 2.45. The number of alkyl halides is 2. The number of rotatable bonds is 5. The zero-order valence-electron chi connectivity index (χ0n) is 18.3. The van der Waals surface area contributed by atoms with Crippen LogP contribution in [0.25, 0.3) is 0 Å². The Labute approximate surface area is 187 Å². The topological polar surface area (TPSA) is 76.6 Å². The first-order valence-electron chi connectivity index (χ1n) is 12.0. The third-order valence-electron chi connectivity index (χ3n) is 8.38. The minimum Gasteiger partial charge on any atom is -0.389 e. The lowest BCUT2D eigenvalue weighted by atomic mass is 9.73. The van der Waals surface area contributed by atoms with Crippen molar-refractivity contribution in [1.82, 2.24) is 20.9 Å². The first-order chi connectivity index (χ1) is 14.7. The number of carbonyl (C=O) groups excluding carboxylic acids is 1. The molecule has 2 saturated carbocycles. The van der Waals surface area contributed by atoms with Crippen LogP contribution in [0.4, 0.5) is 8.78 Å². The zero-order chi connectivity index (χ0) is 21.8. The molecule has 0 radical (unpaired) electrons. The van der Waals surface area contributed by atoms with Crippen LogP contribution in [0.3, 0.4) is 0 Å². The van der Waals surface area contributed by atoms with Crippen LogP contribution >= 0.6 is 11.8 Å². The van der Waals surface area contributed by atoms with Gasteiger partial charge in [-0.25, -0.2) is 8.78 Å². The number of amides is 1. The van der Waals surface area contributed by atoms with Crippen molar-refractivity contribution in [3.05, 3.63) is 0 Å². The minimum atomic E-state index is -2.68. The van der Waals surface area contributed by atoms with Gasteiger partial charge in [-0.2, -0.15) is 0 Å². The van der Waals surface area contributed by atoms with Gasteiger partial charge in [0.25, 0.3) is 0 Å². The molecule has 2 aliphatic carbocycles. The van der Waals surface area contributed by atoms with Gasteiger partial charge >= 0.3 is 0 Å². The Hall–Kier alpha value is -0.480. The molecule has 4 N–H and O–H groups in total. The molecule has 3 aliphatic heterocycles. The summed E-state index contributed by atoms with van der Waals surface area (Å²) in [4.78, 5) is 15.2. The maximum atomic E-state index is 14.1. The van der Waals surface area contributed by atoms with Gasteiger partial charge in [0.05, 0.1) is 11.6 Å². The number of aliphatic hydroxyl groups is 1. The number of carbonyl (C=O) groups is 1. The Morgan fingerprint density at radius 1 is 1.23 bits per heavy atom. The summed E-state index contributed by atoms with van der Waals surface area (Å²) in [6.45, 7) is 3.06. The van der Waals surface area contributed by atoms with Crippen molar-refractivity contribution < 1.29 is 18.7 Å². The highest BCUT2D eigenvalue weighted by molar-refractivity contribution is 8.00. The largest absolute Gasteiger partial charge is 0.389 e. The molecule has 5 aliphatic rings. The first-order valence-corrected chi connectivity index (χ1v) is 13.0. The molecule has 9 heteroatoms. The lowest BCUT2D eigenvalue weighted by molar-refractivity contribution is -0.134. The van der Waals surface area contributed by atoms with Crippen molar-refractivity contribution in [2.75, 3.05) is 19.6 Å².